The van der Waals surface area contributed by atoms with Crippen LogP contribution in [0.25, 0.3) is 0 Å². The molecule has 4 heteroatoms. The van der Waals surface area contributed by atoms with Crippen molar-refractivity contribution in [3.05, 3.63) is 11.8 Å². The van der Waals surface area contributed by atoms with Crippen molar-refractivity contribution in [1.29, 1.82) is 0 Å². The normalized spacial score (nSPS) is 10.7. The molecule has 4 nitrogen and oxygen atoms in total. The van der Waals surface area contributed by atoms with E-state index in [0.29, 0.717) is 18.7 Å². The Morgan fingerprint density at radius 2 is 2.17 bits per heavy atom. The van der Waals surface area contributed by atoms with Gasteiger partial charge in [-0.15, -0.1) is 0 Å². The molecular weight excluding hydrogens is 160 g/mol. The van der Waals surface area contributed by atoms with Gasteiger partial charge in [0, 0.05) is 0 Å². The molecule has 0 saturated heterocycles. The Morgan fingerprint density at radius 3 is 2.58 bits per heavy atom. The summed E-state index contributed by atoms with van der Waals surface area (Å²) in [7, 11) is 1.40. The van der Waals surface area contributed by atoms with Gasteiger partial charge < -0.3 is 14.3 Å². The molecule has 0 aliphatic carbocycles. The molecule has 0 rings (SSSR count). The van der Waals surface area contributed by atoms with Gasteiger partial charge in [-0.2, -0.15) is 0 Å². The fraction of sp³-hybridized carbons (Fsp3) is 0.500. The van der Waals surface area contributed by atoms with Crippen LogP contribution in [0.4, 0.5) is 0 Å². The SMILES string of the molecule is CCOC(=O)/C=C(/CC=O)OC. The van der Waals surface area contributed by atoms with Gasteiger partial charge in [0.2, 0.25) is 0 Å². The maximum Gasteiger partial charge on any atom is 0.334 e. The van der Waals surface area contributed by atoms with Crippen LogP contribution in [0.15, 0.2) is 11.8 Å². The molecule has 0 heterocycles. The molecule has 0 aromatic rings. The Labute approximate surface area is 71.2 Å². The molecule has 0 aliphatic heterocycles. The second kappa shape index (κ2) is 6.39. The van der Waals surface area contributed by atoms with Gasteiger partial charge in [-0.3, -0.25) is 0 Å². The minimum Gasteiger partial charge on any atom is -0.500 e. The first-order valence-corrected chi connectivity index (χ1v) is 3.59. The van der Waals surface area contributed by atoms with E-state index in [4.69, 9.17) is 4.74 Å². The van der Waals surface area contributed by atoms with Crippen LogP contribution in [-0.4, -0.2) is 26.0 Å². The third-order valence-electron chi connectivity index (χ3n) is 1.11. The molecule has 0 aliphatic rings. The summed E-state index contributed by atoms with van der Waals surface area (Å²) in [6, 6.07) is 0. The Balaban J connectivity index is 4.06. The minimum absolute atomic E-state index is 0.0926. The summed E-state index contributed by atoms with van der Waals surface area (Å²) in [6.07, 6.45) is 1.92. The number of ether oxygens (including phenoxy) is 2. The topological polar surface area (TPSA) is 52.6 Å². The number of hydrogen-bond acceptors (Lipinski definition) is 4. The lowest BCUT2D eigenvalue weighted by Crippen LogP contribution is -2.02. The van der Waals surface area contributed by atoms with Crippen molar-refractivity contribution in [3.8, 4) is 0 Å². The van der Waals surface area contributed by atoms with Crippen LogP contribution >= 0.6 is 0 Å². The van der Waals surface area contributed by atoms with Gasteiger partial charge >= 0.3 is 5.97 Å². The summed E-state index contributed by atoms with van der Waals surface area (Å²) < 4.78 is 9.35. The zero-order valence-corrected chi connectivity index (χ0v) is 7.20. The van der Waals surface area contributed by atoms with E-state index in [1.165, 1.54) is 7.11 Å². The van der Waals surface area contributed by atoms with E-state index in [0.717, 1.165) is 6.08 Å². The second-order valence-electron chi connectivity index (χ2n) is 1.94. The van der Waals surface area contributed by atoms with Gasteiger partial charge in [-0.05, 0) is 6.92 Å². The zero-order chi connectivity index (χ0) is 9.40. The molecule has 0 spiro atoms. The lowest BCUT2D eigenvalue weighted by atomic mass is 10.3. The van der Waals surface area contributed by atoms with E-state index >= 15 is 0 Å². The monoisotopic (exact) mass is 172 g/mol. The Bertz CT molecular complexity index is 183. The molecule has 0 atom stereocenters. The molecule has 0 aromatic carbocycles. The van der Waals surface area contributed by atoms with Gasteiger partial charge in [0.05, 0.1) is 26.2 Å². The van der Waals surface area contributed by atoms with Crippen LogP contribution in [0.1, 0.15) is 13.3 Å². The predicted octanol–water partition coefficient (Wildman–Crippen LogP) is 0.669. The molecule has 0 saturated carbocycles. The number of hydrogen-bond donors (Lipinski definition) is 0. The molecule has 0 N–H and O–H groups in total. The van der Waals surface area contributed by atoms with Crippen LogP contribution in [0.5, 0.6) is 0 Å². The van der Waals surface area contributed by atoms with E-state index in [9.17, 15) is 9.59 Å². The quantitative estimate of drug-likeness (QED) is 0.265. The van der Waals surface area contributed by atoms with Crippen molar-refractivity contribution in [2.75, 3.05) is 13.7 Å². The largest absolute Gasteiger partial charge is 0.500 e. The van der Waals surface area contributed by atoms with Crippen LogP contribution in [0.2, 0.25) is 0 Å². The highest BCUT2D eigenvalue weighted by atomic mass is 16.5. The standard InChI is InChI=1S/C8H12O4/c1-3-12-8(10)6-7(11-2)4-5-9/h5-6H,3-4H2,1-2H3/b7-6-. The summed E-state index contributed by atoms with van der Waals surface area (Å²) in [4.78, 5) is 20.8. The summed E-state index contributed by atoms with van der Waals surface area (Å²) in [5, 5.41) is 0. The van der Waals surface area contributed by atoms with E-state index in [-0.39, 0.29) is 6.42 Å². The predicted molar refractivity (Wildman–Crippen MR) is 42.4 cm³/mol. The van der Waals surface area contributed by atoms with Gasteiger partial charge in [0.25, 0.3) is 0 Å². The Kier molecular flexibility index (Phi) is 5.69. The van der Waals surface area contributed by atoms with Gasteiger partial charge in [0.1, 0.15) is 12.0 Å². The minimum atomic E-state index is -0.490. The smallest absolute Gasteiger partial charge is 0.334 e. The van der Waals surface area contributed by atoms with Gasteiger partial charge in [0.15, 0.2) is 0 Å². The second-order valence-corrected chi connectivity index (χ2v) is 1.94. The molecule has 0 bridgehead atoms. The number of carbonyl (C=O) groups is 2. The molecule has 0 amide bonds. The summed E-state index contributed by atoms with van der Waals surface area (Å²) in [5.74, 6) is -0.181. The number of allylic oxidation sites excluding steroid dienone is 1. The number of rotatable bonds is 5. The van der Waals surface area contributed by atoms with Crippen LogP contribution in [0, 0.1) is 0 Å². The maximum atomic E-state index is 10.8. The van der Waals surface area contributed by atoms with Crippen molar-refractivity contribution in [2.45, 2.75) is 13.3 Å². The molecular formula is C8H12O4. The van der Waals surface area contributed by atoms with E-state index in [2.05, 4.69) is 4.74 Å². The number of carbonyl (C=O) groups excluding carboxylic acids is 2. The van der Waals surface area contributed by atoms with Crippen molar-refractivity contribution in [1.82, 2.24) is 0 Å². The highest BCUT2D eigenvalue weighted by molar-refractivity contribution is 5.83. The fourth-order valence-electron chi connectivity index (χ4n) is 0.599. The van der Waals surface area contributed by atoms with E-state index in [1.807, 2.05) is 0 Å². The van der Waals surface area contributed by atoms with E-state index in [1.54, 1.807) is 6.92 Å². The Morgan fingerprint density at radius 1 is 1.50 bits per heavy atom. The lowest BCUT2D eigenvalue weighted by molar-refractivity contribution is -0.137. The van der Waals surface area contributed by atoms with Crippen LogP contribution in [-0.2, 0) is 19.1 Å². The number of aldehydes is 1. The van der Waals surface area contributed by atoms with E-state index < -0.39 is 5.97 Å². The molecule has 0 radical (unpaired) electrons. The average molecular weight is 172 g/mol. The first-order valence-electron chi connectivity index (χ1n) is 3.59. The number of esters is 1. The fourth-order valence-corrected chi connectivity index (χ4v) is 0.599. The van der Waals surface area contributed by atoms with Gasteiger partial charge in [-0.1, -0.05) is 0 Å². The van der Waals surface area contributed by atoms with Crippen LogP contribution < -0.4 is 0 Å². The molecule has 0 unspecified atom stereocenters. The lowest BCUT2D eigenvalue weighted by Gasteiger charge is -2.01. The van der Waals surface area contributed by atoms with Crippen molar-refractivity contribution < 1.29 is 19.1 Å². The summed E-state index contributed by atoms with van der Waals surface area (Å²) in [6.45, 7) is 2.02. The van der Waals surface area contributed by atoms with Crippen molar-refractivity contribution in [2.24, 2.45) is 0 Å². The average Bonchev–Trinajstić information content (AvgIpc) is 2.04. The number of methoxy groups -OCH3 is 1. The molecule has 68 valence electrons. The summed E-state index contributed by atoms with van der Waals surface area (Å²) >= 11 is 0. The maximum absolute atomic E-state index is 10.8. The van der Waals surface area contributed by atoms with Crippen molar-refractivity contribution >= 4 is 12.3 Å². The molecule has 0 aromatic heterocycles. The van der Waals surface area contributed by atoms with Crippen LogP contribution in [0.3, 0.4) is 0 Å². The third kappa shape index (κ3) is 4.49. The first-order chi connectivity index (χ1) is 5.74. The highest BCUT2D eigenvalue weighted by Crippen LogP contribution is 1.99. The highest BCUT2D eigenvalue weighted by Gasteiger charge is 2.00. The first kappa shape index (κ1) is 10.7. The summed E-state index contributed by atoms with van der Waals surface area (Å²) in [5.41, 5.74) is 0. The van der Waals surface area contributed by atoms with Gasteiger partial charge in [-0.25, -0.2) is 4.79 Å². The molecule has 12 heavy (non-hydrogen) atoms. The Hall–Kier alpha value is -1.32. The molecule has 0 fully saturated rings. The van der Waals surface area contributed by atoms with Crippen molar-refractivity contribution in [3.63, 3.8) is 0 Å². The zero-order valence-electron chi connectivity index (χ0n) is 7.20. The third-order valence-corrected chi connectivity index (χ3v) is 1.11.